The first-order valence-electron chi connectivity index (χ1n) is 6.34. The van der Waals surface area contributed by atoms with Crippen LogP contribution in [0.3, 0.4) is 0 Å². The molecule has 108 valence electrons. The van der Waals surface area contributed by atoms with Gasteiger partial charge in [0.25, 0.3) is 0 Å². The van der Waals surface area contributed by atoms with E-state index < -0.39 is 12.0 Å². The Morgan fingerprint density at radius 1 is 1.52 bits per heavy atom. The van der Waals surface area contributed by atoms with Crippen molar-refractivity contribution in [3.05, 3.63) is 47.4 Å². The van der Waals surface area contributed by atoms with E-state index in [1.54, 1.807) is 30.6 Å². The van der Waals surface area contributed by atoms with Gasteiger partial charge in [0.05, 0.1) is 0 Å². The van der Waals surface area contributed by atoms with Gasteiger partial charge in [0.1, 0.15) is 17.1 Å². The smallest absolute Gasteiger partial charge is 0.352 e. The van der Waals surface area contributed by atoms with Gasteiger partial charge in [0.15, 0.2) is 0 Å². The van der Waals surface area contributed by atoms with Crippen molar-refractivity contribution in [2.45, 2.75) is 11.4 Å². The van der Waals surface area contributed by atoms with E-state index in [9.17, 15) is 14.7 Å². The lowest BCUT2D eigenvalue weighted by molar-refractivity contribution is -0.147. The molecular formula is C14H13N3O3S. The summed E-state index contributed by atoms with van der Waals surface area (Å²) in [5.41, 5.74) is 7.20. The molecule has 2 aliphatic rings. The number of rotatable bonds is 3. The van der Waals surface area contributed by atoms with Crippen LogP contribution in [0.15, 0.2) is 41.9 Å². The monoisotopic (exact) mass is 303 g/mol. The average molecular weight is 303 g/mol. The fraction of sp³-hybridized carbons (Fsp3) is 0.214. The lowest BCUT2D eigenvalue weighted by atomic mass is 10.0. The van der Waals surface area contributed by atoms with Gasteiger partial charge in [-0.2, -0.15) is 0 Å². The number of aliphatic carboxylic acids is 1. The van der Waals surface area contributed by atoms with Gasteiger partial charge in [0, 0.05) is 18.1 Å². The topological polar surface area (TPSA) is 96.5 Å². The number of carboxylic acids is 1. The van der Waals surface area contributed by atoms with Crippen LogP contribution in [-0.2, 0) is 9.59 Å². The average Bonchev–Trinajstić information content (AvgIpc) is 2.52. The molecule has 0 aliphatic carbocycles. The van der Waals surface area contributed by atoms with Crippen LogP contribution in [0.1, 0.15) is 5.56 Å². The van der Waals surface area contributed by atoms with Crippen LogP contribution >= 0.6 is 11.8 Å². The van der Waals surface area contributed by atoms with Gasteiger partial charge in [-0.25, -0.2) is 4.79 Å². The second-order valence-electron chi connectivity index (χ2n) is 4.73. The van der Waals surface area contributed by atoms with Crippen LogP contribution in [0.5, 0.6) is 0 Å². The third kappa shape index (κ3) is 2.34. The van der Waals surface area contributed by atoms with Crippen molar-refractivity contribution >= 4 is 29.7 Å². The first-order valence-corrected chi connectivity index (χ1v) is 7.39. The summed E-state index contributed by atoms with van der Waals surface area (Å²) in [5, 5.41) is 9.12. The minimum absolute atomic E-state index is 0.0330. The Morgan fingerprint density at radius 2 is 2.33 bits per heavy atom. The minimum Gasteiger partial charge on any atom is -0.477 e. The van der Waals surface area contributed by atoms with Gasteiger partial charge in [-0.3, -0.25) is 14.7 Å². The minimum atomic E-state index is -1.11. The fourth-order valence-electron chi connectivity index (χ4n) is 2.34. The molecule has 1 amide bonds. The number of carbonyl (C=O) groups is 2. The third-order valence-corrected chi connectivity index (χ3v) is 4.73. The number of thioether (sulfide) groups is 1. The van der Waals surface area contributed by atoms with Gasteiger partial charge >= 0.3 is 5.97 Å². The SMILES string of the molecule is NC1C(=O)N2C(C(=O)O)=C(C=Cc3cccnc3)CS[C@@H]12. The summed E-state index contributed by atoms with van der Waals surface area (Å²) in [6, 6.07) is 3.07. The highest BCUT2D eigenvalue weighted by Crippen LogP contribution is 2.39. The molecule has 2 aliphatic heterocycles. The first kappa shape index (κ1) is 13.8. The van der Waals surface area contributed by atoms with Crippen LogP contribution in [0.4, 0.5) is 0 Å². The Kier molecular flexibility index (Phi) is 3.52. The quantitative estimate of drug-likeness (QED) is 0.797. The molecule has 0 saturated carbocycles. The van der Waals surface area contributed by atoms with E-state index >= 15 is 0 Å². The van der Waals surface area contributed by atoms with E-state index in [4.69, 9.17) is 5.73 Å². The molecular weight excluding hydrogens is 290 g/mol. The molecule has 1 fully saturated rings. The van der Waals surface area contributed by atoms with E-state index in [-0.39, 0.29) is 17.0 Å². The lowest BCUT2D eigenvalue weighted by Crippen LogP contribution is -2.68. The van der Waals surface area contributed by atoms with E-state index in [1.165, 1.54) is 16.7 Å². The second kappa shape index (κ2) is 5.34. The molecule has 0 spiro atoms. The maximum absolute atomic E-state index is 11.8. The summed E-state index contributed by atoms with van der Waals surface area (Å²) < 4.78 is 0. The highest BCUT2D eigenvalue weighted by Gasteiger charge is 2.51. The largest absolute Gasteiger partial charge is 0.477 e. The number of aromatic nitrogens is 1. The molecule has 3 rings (SSSR count). The summed E-state index contributed by atoms with van der Waals surface area (Å²) in [7, 11) is 0. The van der Waals surface area contributed by atoms with Crippen molar-refractivity contribution in [2.75, 3.05) is 5.75 Å². The van der Waals surface area contributed by atoms with Crippen LogP contribution in [0.25, 0.3) is 6.08 Å². The molecule has 3 N–H and O–H groups in total. The Balaban J connectivity index is 1.93. The molecule has 0 radical (unpaired) electrons. The lowest BCUT2D eigenvalue weighted by Gasteiger charge is -2.47. The Morgan fingerprint density at radius 3 is 3.00 bits per heavy atom. The van der Waals surface area contributed by atoms with Crippen molar-refractivity contribution in [3.8, 4) is 0 Å². The molecule has 21 heavy (non-hydrogen) atoms. The molecule has 0 aromatic carbocycles. The van der Waals surface area contributed by atoms with E-state index in [2.05, 4.69) is 4.98 Å². The normalized spacial score (nSPS) is 25.0. The highest BCUT2D eigenvalue weighted by molar-refractivity contribution is 8.00. The summed E-state index contributed by atoms with van der Waals surface area (Å²) in [4.78, 5) is 28.5. The van der Waals surface area contributed by atoms with Gasteiger partial charge in [-0.15, -0.1) is 11.8 Å². The molecule has 0 bridgehead atoms. The number of nitrogens with zero attached hydrogens (tertiary/aromatic N) is 2. The number of allylic oxidation sites excluding steroid dienone is 1. The standard InChI is InChI=1S/C14H13N3O3S/c15-10-12(18)17-11(14(19)20)9(7-21-13(10)17)4-3-8-2-1-5-16-6-8/h1-6,10,13H,7,15H2,(H,19,20)/t10?,13-/m0/s1. The number of hydrogen-bond donors (Lipinski definition) is 2. The zero-order valence-electron chi connectivity index (χ0n) is 11.0. The van der Waals surface area contributed by atoms with Crippen LogP contribution in [0, 0.1) is 0 Å². The van der Waals surface area contributed by atoms with Gasteiger partial charge in [-0.1, -0.05) is 18.2 Å². The second-order valence-corrected chi connectivity index (χ2v) is 5.84. The molecule has 7 heteroatoms. The number of nitrogens with two attached hydrogens (primary N) is 1. The van der Waals surface area contributed by atoms with Gasteiger partial charge in [-0.05, 0) is 17.2 Å². The molecule has 3 heterocycles. The maximum atomic E-state index is 11.8. The molecule has 1 saturated heterocycles. The van der Waals surface area contributed by atoms with E-state index in [1.807, 2.05) is 6.07 Å². The van der Waals surface area contributed by atoms with Crippen LogP contribution in [0.2, 0.25) is 0 Å². The number of amides is 1. The number of fused-ring (bicyclic) bond motifs is 1. The van der Waals surface area contributed by atoms with Crippen molar-refractivity contribution in [1.82, 2.24) is 9.88 Å². The number of hydrogen-bond acceptors (Lipinski definition) is 5. The number of carbonyl (C=O) groups excluding carboxylic acids is 1. The Bertz CT molecular complexity index is 657. The molecule has 6 nitrogen and oxygen atoms in total. The third-order valence-electron chi connectivity index (χ3n) is 3.40. The highest BCUT2D eigenvalue weighted by atomic mass is 32.2. The van der Waals surface area contributed by atoms with Crippen LogP contribution in [-0.4, -0.2) is 44.0 Å². The van der Waals surface area contributed by atoms with Gasteiger partial charge < -0.3 is 10.8 Å². The molecule has 1 unspecified atom stereocenters. The Labute approximate surface area is 125 Å². The number of pyridine rings is 1. The molecule has 1 aromatic heterocycles. The molecule has 2 atom stereocenters. The zero-order chi connectivity index (χ0) is 15.0. The van der Waals surface area contributed by atoms with Gasteiger partial charge in [0.2, 0.25) is 5.91 Å². The summed E-state index contributed by atoms with van der Waals surface area (Å²) in [6.07, 6.45) is 6.86. The molecule has 1 aromatic rings. The van der Waals surface area contributed by atoms with Crippen molar-refractivity contribution < 1.29 is 14.7 Å². The Hall–Kier alpha value is -2.12. The van der Waals surface area contributed by atoms with Crippen molar-refractivity contribution in [1.29, 1.82) is 0 Å². The summed E-state index contributed by atoms with van der Waals surface area (Å²) in [6.45, 7) is 0. The fourth-order valence-corrected chi connectivity index (χ4v) is 3.60. The predicted octanol–water partition coefficient (Wildman–Crippen LogP) is 0.676. The number of carboxylic acid groups (broad SMARTS) is 1. The van der Waals surface area contributed by atoms with Crippen LogP contribution < -0.4 is 5.73 Å². The summed E-state index contributed by atoms with van der Waals surface area (Å²) in [5.74, 6) is -0.927. The van der Waals surface area contributed by atoms with E-state index in [0.717, 1.165) is 5.56 Å². The predicted molar refractivity (Wildman–Crippen MR) is 79.0 cm³/mol. The maximum Gasteiger partial charge on any atom is 0.352 e. The first-order chi connectivity index (χ1) is 10.1. The number of β-lactam (4-membered cyclic amide) rings is 1. The van der Waals surface area contributed by atoms with Crippen molar-refractivity contribution in [2.24, 2.45) is 5.73 Å². The summed E-state index contributed by atoms with van der Waals surface area (Å²) >= 11 is 1.48. The zero-order valence-corrected chi connectivity index (χ0v) is 11.8. The van der Waals surface area contributed by atoms with E-state index in [0.29, 0.717) is 11.3 Å². The van der Waals surface area contributed by atoms with Crippen molar-refractivity contribution in [3.63, 3.8) is 0 Å².